The first-order valence-corrected chi connectivity index (χ1v) is 7.53. The smallest absolute Gasteiger partial charge is 0.313 e. The van der Waals surface area contributed by atoms with E-state index >= 15 is 0 Å². The van der Waals surface area contributed by atoms with Gasteiger partial charge in [-0.05, 0) is 41.4 Å². The number of hydrogen-bond acceptors (Lipinski definition) is 4. The predicted octanol–water partition coefficient (Wildman–Crippen LogP) is 1.99. The van der Waals surface area contributed by atoms with Crippen molar-refractivity contribution in [3.63, 3.8) is 0 Å². The van der Waals surface area contributed by atoms with E-state index < -0.39 is 29.0 Å². The molecule has 3 N–H and O–H groups in total. The molecule has 0 aliphatic carbocycles. The van der Waals surface area contributed by atoms with Crippen molar-refractivity contribution in [2.75, 3.05) is 11.9 Å². The zero-order chi connectivity index (χ0) is 17.0. The molecule has 2 aromatic rings. The van der Waals surface area contributed by atoms with Crippen LogP contribution in [0.5, 0.6) is 0 Å². The van der Waals surface area contributed by atoms with E-state index in [-0.39, 0.29) is 12.2 Å². The van der Waals surface area contributed by atoms with E-state index in [1.165, 1.54) is 18.3 Å². The Labute approximate surface area is 135 Å². The van der Waals surface area contributed by atoms with Crippen molar-refractivity contribution in [1.29, 1.82) is 0 Å². The molecule has 1 heterocycles. The van der Waals surface area contributed by atoms with E-state index in [9.17, 15) is 23.5 Å². The molecule has 0 aliphatic heterocycles. The maximum Gasteiger partial charge on any atom is 0.313 e. The highest BCUT2D eigenvalue weighted by Gasteiger charge is 2.26. The Hall–Kier alpha value is -2.32. The summed E-state index contributed by atoms with van der Waals surface area (Å²) in [5.74, 6) is -3.94. The largest absolute Gasteiger partial charge is 0.384 e. The fourth-order valence-electron chi connectivity index (χ4n) is 1.78. The van der Waals surface area contributed by atoms with Gasteiger partial charge in [0, 0.05) is 6.07 Å². The lowest BCUT2D eigenvalue weighted by Crippen LogP contribution is -2.43. The highest BCUT2D eigenvalue weighted by molar-refractivity contribution is 7.08. The van der Waals surface area contributed by atoms with Gasteiger partial charge >= 0.3 is 11.8 Å². The first-order valence-electron chi connectivity index (χ1n) is 6.59. The molecule has 0 fully saturated rings. The van der Waals surface area contributed by atoms with Gasteiger partial charge in [-0.25, -0.2) is 8.78 Å². The molecule has 23 heavy (non-hydrogen) atoms. The van der Waals surface area contributed by atoms with Gasteiger partial charge in [0.15, 0.2) is 0 Å². The van der Waals surface area contributed by atoms with Crippen LogP contribution >= 0.6 is 11.3 Å². The number of carbonyl (C=O) groups excluding carboxylic acids is 2. The Bertz CT molecular complexity index is 718. The minimum Gasteiger partial charge on any atom is -0.384 e. The lowest BCUT2D eigenvalue weighted by molar-refractivity contribution is -0.136. The SMILES string of the molecule is CC(O)(CNC(=O)C(=O)Nc1ccc(F)cc1F)c1ccsc1. The number of halogens is 2. The molecule has 0 aliphatic rings. The van der Waals surface area contributed by atoms with Gasteiger partial charge in [-0.2, -0.15) is 11.3 Å². The second-order valence-corrected chi connectivity index (χ2v) is 5.83. The lowest BCUT2D eigenvalue weighted by atomic mass is 9.99. The number of benzene rings is 1. The van der Waals surface area contributed by atoms with Crippen LogP contribution in [0.4, 0.5) is 14.5 Å². The standard InChI is InChI=1S/C15H14F2N2O3S/c1-15(22,9-4-5-23-7-9)8-18-13(20)14(21)19-12-3-2-10(16)6-11(12)17/h2-7,22H,8H2,1H3,(H,18,20)(H,19,21). The molecule has 5 nitrogen and oxygen atoms in total. The van der Waals surface area contributed by atoms with Crippen LogP contribution in [0.15, 0.2) is 35.0 Å². The van der Waals surface area contributed by atoms with Gasteiger partial charge in [-0.3, -0.25) is 9.59 Å². The van der Waals surface area contributed by atoms with Crippen molar-refractivity contribution in [3.8, 4) is 0 Å². The normalized spacial score (nSPS) is 13.2. The molecule has 2 rings (SSSR count). The molecule has 1 unspecified atom stereocenters. The minimum atomic E-state index is -1.34. The first kappa shape index (κ1) is 17.0. The topological polar surface area (TPSA) is 78.4 Å². The summed E-state index contributed by atoms with van der Waals surface area (Å²) in [7, 11) is 0. The van der Waals surface area contributed by atoms with Crippen molar-refractivity contribution in [2.24, 2.45) is 0 Å². The van der Waals surface area contributed by atoms with Crippen LogP contribution in [0.3, 0.4) is 0 Å². The Kier molecular flexibility index (Phi) is 5.07. The van der Waals surface area contributed by atoms with Gasteiger partial charge in [0.1, 0.15) is 17.2 Å². The molecule has 0 saturated heterocycles. The van der Waals surface area contributed by atoms with Crippen LogP contribution in [0.25, 0.3) is 0 Å². The summed E-state index contributed by atoms with van der Waals surface area (Å²) in [4.78, 5) is 23.4. The number of hydrogen-bond donors (Lipinski definition) is 3. The maximum absolute atomic E-state index is 13.4. The number of rotatable bonds is 4. The second kappa shape index (κ2) is 6.84. The van der Waals surface area contributed by atoms with E-state index in [1.54, 1.807) is 16.8 Å². The second-order valence-electron chi connectivity index (χ2n) is 5.05. The Balaban J connectivity index is 1.94. The van der Waals surface area contributed by atoms with Crippen molar-refractivity contribution in [3.05, 3.63) is 52.2 Å². The van der Waals surface area contributed by atoms with Gasteiger partial charge in [0.05, 0.1) is 12.2 Å². The van der Waals surface area contributed by atoms with Crippen molar-refractivity contribution >= 4 is 28.8 Å². The molecule has 122 valence electrons. The predicted molar refractivity (Wildman–Crippen MR) is 81.9 cm³/mol. The molecule has 1 aromatic heterocycles. The summed E-state index contributed by atoms with van der Waals surface area (Å²) >= 11 is 1.39. The first-order chi connectivity index (χ1) is 10.8. The zero-order valence-electron chi connectivity index (χ0n) is 12.1. The molecular formula is C15H14F2N2O3S. The van der Waals surface area contributed by atoms with E-state index in [0.29, 0.717) is 11.6 Å². The molecule has 1 atom stereocenters. The van der Waals surface area contributed by atoms with Gasteiger partial charge in [-0.1, -0.05) is 0 Å². The van der Waals surface area contributed by atoms with E-state index in [4.69, 9.17) is 0 Å². The number of anilines is 1. The van der Waals surface area contributed by atoms with Crippen LogP contribution < -0.4 is 10.6 Å². The van der Waals surface area contributed by atoms with E-state index in [1.807, 2.05) is 5.32 Å². The number of nitrogens with one attached hydrogen (secondary N) is 2. The molecule has 0 spiro atoms. The van der Waals surface area contributed by atoms with E-state index in [0.717, 1.165) is 12.1 Å². The fourth-order valence-corrected chi connectivity index (χ4v) is 2.56. The van der Waals surface area contributed by atoms with Gasteiger partial charge in [-0.15, -0.1) is 0 Å². The van der Waals surface area contributed by atoms with Gasteiger partial charge < -0.3 is 15.7 Å². The average Bonchev–Trinajstić information content (AvgIpc) is 3.02. The molecule has 2 amide bonds. The lowest BCUT2D eigenvalue weighted by Gasteiger charge is -2.22. The summed E-state index contributed by atoms with van der Waals surface area (Å²) in [6.07, 6.45) is 0. The van der Waals surface area contributed by atoms with Crippen molar-refractivity contribution < 1.29 is 23.5 Å². The van der Waals surface area contributed by atoms with Gasteiger partial charge in [0.25, 0.3) is 0 Å². The summed E-state index contributed by atoms with van der Waals surface area (Å²) in [5.41, 5.74) is -1.04. The van der Waals surface area contributed by atoms with Crippen LogP contribution in [0.1, 0.15) is 12.5 Å². The summed E-state index contributed by atoms with van der Waals surface area (Å²) < 4.78 is 26.2. The number of amides is 2. The minimum absolute atomic E-state index is 0.193. The maximum atomic E-state index is 13.4. The highest BCUT2D eigenvalue weighted by Crippen LogP contribution is 2.22. The zero-order valence-corrected chi connectivity index (χ0v) is 12.9. The Morgan fingerprint density at radius 2 is 2.00 bits per heavy atom. The third kappa shape index (κ3) is 4.33. The van der Waals surface area contributed by atoms with Crippen LogP contribution in [-0.2, 0) is 15.2 Å². The molecular weight excluding hydrogens is 326 g/mol. The number of carbonyl (C=O) groups is 2. The molecule has 0 radical (unpaired) electrons. The summed E-state index contributed by atoms with van der Waals surface area (Å²) in [6, 6.07) is 4.26. The molecule has 8 heteroatoms. The van der Waals surface area contributed by atoms with Crippen molar-refractivity contribution in [1.82, 2.24) is 5.32 Å². The number of thiophene rings is 1. The monoisotopic (exact) mass is 340 g/mol. The Morgan fingerprint density at radius 3 is 2.61 bits per heavy atom. The number of aliphatic hydroxyl groups is 1. The van der Waals surface area contributed by atoms with Crippen LogP contribution in [0, 0.1) is 11.6 Å². The van der Waals surface area contributed by atoms with E-state index in [2.05, 4.69) is 5.32 Å². The molecule has 1 aromatic carbocycles. The average molecular weight is 340 g/mol. The Morgan fingerprint density at radius 1 is 1.26 bits per heavy atom. The summed E-state index contributed by atoms with van der Waals surface area (Å²) in [6.45, 7) is 1.30. The van der Waals surface area contributed by atoms with Crippen molar-refractivity contribution in [2.45, 2.75) is 12.5 Å². The van der Waals surface area contributed by atoms with Crippen LogP contribution in [0.2, 0.25) is 0 Å². The third-order valence-corrected chi connectivity index (χ3v) is 3.81. The quantitative estimate of drug-likeness (QED) is 0.745. The molecule has 0 bridgehead atoms. The summed E-state index contributed by atoms with van der Waals surface area (Å²) in [5, 5.41) is 18.0. The highest BCUT2D eigenvalue weighted by atomic mass is 32.1. The van der Waals surface area contributed by atoms with Gasteiger partial charge in [0.2, 0.25) is 0 Å². The van der Waals surface area contributed by atoms with Crippen LogP contribution in [-0.4, -0.2) is 23.5 Å². The third-order valence-electron chi connectivity index (χ3n) is 3.12. The molecule has 0 saturated carbocycles. The fraction of sp³-hybridized carbons (Fsp3) is 0.200.